The van der Waals surface area contributed by atoms with Crippen LogP contribution in [0.2, 0.25) is 0 Å². The maximum absolute atomic E-state index is 11.4. The van der Waals surface area contributed by atoms with Crippen LogP contribution in [0.25, 0.3) is 0 Å². The second kappa shape index (κ2) is 5.97. The average molecular weight is 246 g/mol. The molecule has 1 rings (SSSR count). The van der Waals surface area contributed by atoms with Crippen molar-refractivity contribution in [1.29, 1.82) is 0 Å². The van der Waals surface area contributed by atoms with Gasteiger partial charge in [0.05, 0.1) is 0 Å². The van der Waals surface area contributed by atoms with Crippen molar-refractivity contribution in [2.24, 2.45) is 0 Å². The van der Waals surface area contributed by atoms with Gasteiger partial charge in [0.1, 0.15) is 0 Å². The first-order valence-electron chi connectivity index (χ1n) is 5.81. The summed E-state index contributed by atoms with van der Waals surface area (Å²) in [7, 11) is 0. The van der Waals surface area contributed by atoms with E-state index in [0.29, 0.717) is 19.3 Å². The molecule has 0 aromatic heterocycles. The quantitative estimate of drug-likeness (QED) is 0.543. The number of cyclic esters (lactones) is 2. The lowest BCUT2D eigenvalue weighted by molar-refractivity contribution is -0.360. The smallest absolute Gasteiger partial charge is 0.363 e. The molecule has 1 aliphatic heterocycles. The van der Waals surface area contributed by atoms with Crippen molar-refractivity contribution in [3.63, 3.8) is 0 Å². The van der Waals surface area contributed by atoms with Crippen LogP contribution in [0.1, 0.15) is 45.4 Å². The molecule has 0 bridgehead atoms. The van der Waals surface area contributed by atoms with Crippen LogP contribution >= 0.6 is 0 Å². The third kappa shape index (κ3) is 4.32. The van der Waals surface area contributed by atoms with Crippen LogP contribution in [0.4, 0.5) is 0 Å². The summed E-state index contributed by atoms with van der Waals surface area (Å²) in [5, 5.41) is 19.2. The van der Waals surface area contributed by atoms with E-state index in [2.05, 4.69) is 4.74 Å². The van der Waals surface area contributed by atoms with E-state index in [-0.39, 0.29) is 19.3 Å². The molecule has 0 spiro atoms. The predicted octanol–water partition coefficient (Wildman–Crippen LogP) is 0.454. The normalized spacial score (nSPS) is 25.9. The molecular weight excluding hydrogens is 228 g/mol. The summed E-state index contributed by atoms with van der Waals surface area (Å²) >= 11 is 0. The van der Waals surface area contributed by atoms with Crippen LogP contribution in [0.15, 0.2) is 0 Å². The van der Waals surface area contributed by atoms with Gasteiger partial charge in [0.2, 0.25) is 0 Å². The summed E-state index contributed by atoms with van der Waals surface area (Å²) < 4.78 is 9.44. The zero-order valence-corrected chi connectivity index (χ0v) is 9.85. The van der Waals surface area contributed by atoms with Crippen LogP contribution < -0.4 is 0 Å². The molecule has 0 saturated carbocycles. The monoisotopic (exact) mass is 246 g/mol. The van der Waals surface area contributed by atoms with Crippen molar-refractivity contribution < 1.29 is 29.3 Å². The summed E-state index contributed by atoms with van der Waals surface area (Å²) in [5.74, 6) is -3.94. The molecule has 0 aromatic rings. The summed E-state index contributed by atoms with van der Waals surface area (Å²) in [6.07, 6.45) is 0.768. The molecule has 6 heteroatoms. The van der Waals surface area contributed by atoms with Gasteiger partial charge in [-0.25, -0.2) is 0 Å². The molecule has 1 atom stereocenters. The molecule has 0 radical (unpaired) electrons. The van der Waals surface area contributed by atoms with Crippen molar-refractivity contribution in [3.05, 3.63) is 0 Å². The number of rotatable bonds is 2. The molecule has 6 nitrogen and oxygen atoms in total. The van der Waals surface area contributed by atoms with Gasteiger partial charge >= 0.3 is 17.9 Å². The van der Waals surface area contributed by atoms with Crippen molar-refractivity contribution in [1.82, 2.24) is 0 Å². The highest BCUT2D eigenvalue weighted by molar-refractivity contribution is 5.71. The van der Waals surface area contributed by atoms with Crippen molar-refractivity contribution in [3.8, 4) is 0 Å². The molecule has 0 aromatic carbocycles. The van der Waals surface area contributed by atoms with Crippen molar-refractivity contribution in [2.45, 2.75) is 57.5 Å². The molecule has 98 valence electrons. The number of carbonyl (C=O) groups is 2. The molecule has 1 saturated heterocycles. The lowest BCUT2D eigenvalue weighted by atomic mass is 10.1. The first-order chi connectivity index (χ1) is 7.95. The van der Waals surface area contributed by atoms with Crippen molar-refractivity contribution >= 4 is 11.9 Å². The van der Waals surface area contributed by atoms with E-state index < -0.39 is 24.0 Å². The van der Waals surface area contributed by atoms with E-state index in [4.69, 9.17) is 4.74 Å². The lowest BCUT2D eigenvalue weighted by Gasteiger charge is -2.30. The van der Waals surface area contributed by atoms with E-state index in [1.54, 1.807) is 6.92 Å². The molecule has 1 unspecified atom stereocenters. The zero-order chi connectivity index (χ0) is 12.9. The number of hydrogen-bond acceptors (Lipinski definition) is 6. The predicted molar refractivity (Wildman–Crippen MR) is 56.5 cm³/mol. The Balaban J connectivity index is 2.79. The average Bonchev–Trinajstić information content (AvgIpc) is 2.22. The highest BCUT2D eigenvalue weighted by Gasteiger charge is 2.41. The van der Waals surface area contributed by atoms with Crippen LogP contribution in [0.5, 0.6) is 0 Å². The maximum atomic E-state index is 11.4. The molecule has 0 amide bonds. The summed E-state index contributed by atoms with van der Waals surface area (Å²) in [6, 6.07) is 0. The summed E-state index contributed by atoms with van der Waals surface area (Å²) in [4.78, 5) is 22.6. The van der Waals surface area contributed by atoms with Crippen molar-refractivity contribution in [2.75, 3.05) is 0 Å². The van der Waals surface area contributed by atoms with Gasteiger partial charge in [-0.05, 0) is 19.3 Å². The van der Waals surface area contributed by atoms with Gasteiger partial charge in [-0.1, -0.05) is 13.3 Å². The minimum absolute atomic E-state index is 0.0645. The minimum atomic E-state index is -2.74. The van der Waals surface area contributed by atoms with E-state index in [1.807, 2.05) is 0 Å². The Kier molecular flexibility index (Phi) is 4.89. The Morgan fingerprint density at radius 2 is 1.82 bits per heavy atom. The lowest BCUT2D eigenvalue weighted by Crippen LogP contribution is -2.48. The van der Waals surface area contributed by atoms with Gasteiger partial charge in [-0.15, -0.1) is 0 Å². The highest BCUT2D eigenvalue weighted by atomic mass is 16.8. The van der Waals surface area contributed by atoms with Gasteiger partial charge < -0.3 is 19.7 Å². The fourth-order valence-electron chi connectivity index (χ4n) is 1.63. The molecule has 0 aliphatic carbocycles. The second-order valence-electron chi connectivity index (χ2n) is 4.11. The van der Waals surface area contributed by atoms with Gasteiger partial charge in [0, 0.05) is 12.8 Å². The molecule has 1 fully saturated rings. The van der Waals surface area contributed by atoms with Crippen LogP contribution in [0.3, 0.4) is 0 Å². The maximum Gasteiger partial charge on any atom is 0.363 e. The van der Waals surface area contributed by atoms with E-state index in [0.717, 1.165) is 0 Å². The Morgan fingerprint density at radius 3 is 2.41 bits per heavy atom. The highest BCUT2D eigenvalue weighted by Crippen LogP contribution is 2.21. The number of esters is 2. The number of ether oxygens (including phenoxy) is 2. The Hall–Kier alpha value is -1.14. The largest absolute Gasteiger partial charge is 0.452 e. The number of aliphatic hydroxyl groups is 2. The molecule has 2 N–H and O–H groups in total. The summed E-state index contributed by atoms with van der Waals surface area (Å²) in [5.41, 5.74) is 0. The zero-order valence-electron chi connectivity index (χ0n) is 9.85. The Morgan fingerprint density at radius 1 is 1.24 bits per heavy atom. The molecular formula is C11H18O6. The third-order valence-electron chi connectivity index (χ3n) is 2.52. The molecule has 1 aliphatic rings. The SMILES string of the molecule is CCCC1OC(=O)CCCCC(=O)OC1(O)O. The first kappa shape index (κ1) is 13.9. The second-order valence-corrected chi connectivity index (χ2v) is 4.11. The fourth-order valence-corrected chi connectivity index (χ4v) is 1.63. The third-order valence-corrected chi connectivity index (χ3v) is 2.52. The van der Waals surface area contributed by atoms with Crippen LogP contribution in [-0.4, -0.2) is 34.2 Å². The van der Waals surface area contributed by atoms with Gasteiger partial charge in [-0.3, -0.25) is 9.59 Å². The van der Waals surface area contributed by atoms with E-state index in [9.17, 15) is 19.8 Å². The van der Waals surface area contributed by atoms with Crippen LogP contribution in [0, 0.1) is 0 Å². The Labute approximate surface area is 99.5 Å². The van der Waals surface area contributed by atoms with E-state index in [1.165, 1.54) is 0 Å². The Bertz CT molecular complexity index is 286. The molecule has 1 heterocycles. The first-order valence-corrected chi connectivity index (χ1v) is 5.81. The topological polar surface area (TPSA) is 93.1 Å². The van der Waals surface area contributed by atoms with Gasteiger partial charge in [-0.2, -0.15) is 0 Å². The van der Waals surface area contributed by atoms with E-state index >= 15 is 0 Å². The van der Waals surface area contributed by atoms with Gasteiger partial charge in [0.25, 0.3) is 0 Å². The van der Waals surface area contributed by atoms with Crippen LogP contribution in [-0.2, 0) is 19.1 Å². The standard InChI is InChI=1S/C11H18O6/c1-2-5-8-11(14,15)17-10(13)7-4-3-6-9(12)16-8/h8,14-15H,2-7H2,1H3. The van der Waals surface area contributed by atoms with Gasteiger partial charge in [0.15, 0.2) is 6.10 Å². The number of carbonyl (C=O) groups excluding carboxylic acids is 2. The summed E-state index contributed by atoms with van der Waals surface area (Å²) in [6.45, 7) is 1.80. The fraction of sp³-hybridized carbons (Fsp3) is 0.818. The minimum Gasteiger partial charge on any atom is -0.452 e. The number of hydrogen-bond donors (Lipinski definition) is 2. The molecule has 17 heavy (non-hydrogen) atoms.